The molecule has 1 unspecified atom stereocenters. The third-order valence-electron chi connectivity index (χ3n) is 3.56. The third-order valence-corrected chi connectivity index (χ3v) is 3.56. The van der Waals surface area contributed by atoms with Crippen LogP contribution < -0.4 is 10.1 Å². The van der Waals surface area contributed by atoms with Crippen molar-refractivity contribution in [2.75, 3.05) is 20.3 Å². The topological polar surface area (TPSA) is 120 Å². The van der Waals surface area contributed by atoms with E-state index >= 15 is 0 Å². The fourth-order valence-electron chi connectivity index (χ4n) is 2.08. The molecule has 1 saturated heterocycles. The van der Waals surface area contributed by atoms with Gasteiger partial charge in [-0.15, -0.1) is 0 Å². The van der Waals surface area contributed by atoms with Crippen molar-refractivity contribution in [3.05, 3.63) is 29.8 Å². The number of carbonyl (C=O) groups is 4. The molecule has 0 aromatic heterocycles. The number of hydrogen-bond donors (Lipinski definition) is 1. The molecule has 0 aliphatic carbocycles. The Labute approximate surface area is 155 Å². The first-order valence-electron chi connectivity index (χ1n) is 8.19. The van der Waals surface area contributed by atoms with Crippen LogP contribution in [0.5, 0.6) is 5.75 Å². The molecule has 1 aromatic carbocycles. The second-order valence-corrected chi connectivity index (χ2v) is 5.48. The van der Waals surface area contributed by atoms with Gasteiger partial charge in [0.05, 0.1) is 6.61 Å². The Morgan fingerprint density at radius 2 is 1.78 bits per heavy atom. The molecular formula is C17H20N2O8. The molecule has 0 saturated carbocycles. The molecule has 10 heteroatoms. The summed E-state index contributed by atoms with van der Waals surface area (Å²) in [7, 11) is 1.52. The highest BCUT2D eigenvalue weighted by Gasteiger charge is 2.33. The number of amides is 3. The molecule has 0 bridgehead atoms. The quantitative estimate of drug-likeness (QED) is 0.233. The smallest absolute Gasteiger partial charge is 0.393 e. The molecule has 1 N–H and O–H groups in total. The van der Waals surface area contributed by atoms with Crippen LogP contribution in [0.2, 0.25) is 0 Å². The van der Waals surface area contributed by atoms with Crippen molar-refractivity contribution in [1.82, 2.24) is 10.4 Å². The van der Waals surface area contributed by atoms with Crippen molar-refractivity contribution in [3.63, 3.8) is 0 Å². The summed E-state index contributed by atoms with van der Waals surface area (Å²) in [5.74, 6) is -1.44. The standard InChI is InChI=1S/C17H20N2O8/c1-11(24-2)25-10-9-18-16(22)12-3-5-13(6-4-12)26-17(23)27-19-14(20)7-8-15(19)21/h3-6,11H,7-10H2,1-2H3,(H,18,22). The lowest BCUT2D eigenvalue weighted by Gasteiger charge is -2.12. The van der Waals surface area contributed by atoms with Gasteiger partial charge >= 0.3 is 6.16 Å². The van der Waals surface area contributed by atoms with E-state index in [1.807, 2.05) is 0 Å². The van der Waals surface area contributed by atoms with Crippen LogP contribution >= 0.6 is 0 Å². The van der Waals surface area contributed by atoms with E-state index in [1.54, 1.807) is 6.92 Å². The number of imide groups is 1. The predicted octanol–water partition coefficient (Wildman–Crippen LogP) is 1.00. The van der Waals surface area contributed by atoms with Crippen LogP contribution in [0.15, 0.2) is 24.3 Å². The van der Waals surface area contributed by atoms with E-state index in [9.17, 15) is 19.2 Å². The fourth-order valence-corrected chi connectivity index (χ4v) is 2.08. The van der Waals surface area contributed by atoms with E-state index in [-0.39, 0.29) is 30.8 Å². The van der Waals surface area contributed by atoms with Crippen molar-refractivity contribution in [3.8, 4) is 5.75 Å². The molecular weight excluding hydrogens is 360 g/mol. The minimum Gasteiger partial charge on any atom is -0.393 e. The molecule has 146 valence electrons. The van der Waals surface area contributed by atoms with Crippen molar-refractivity contribution in [1.29, 1.82) is 0 Å². The summed E-state index contributed by atoms with van der Waals surface area (Å²) in [6.07, 6.45) is -1.60. The Bertz CT molecular complexity index is 687. The van der Waals surface area contributed by atoms with Gasteiger partial charge in [-0.05, 0) is 31.2 Å². The summed E-state index contributed by atoms with van der Waals surface area (Å²) in [5.41, 5.74) is 0.348. The van der Waals surface area contributed by atoms with Gasteiger partial charge in [-0.1, -0.05) is 5.06 Å². The second kappa shape index (κ2) is 9.64. The summed E-state index contributed by atoms with van der Waals surface area (Å²) in [6, 6.07) is 5.66. The van der Waals surface area contributed by atoms with Crippen LogP contribution in [-0.2, 0) is 23.9 Å². The van der Waals surface area contributed by atoms with E-state index in [1.165, 1.54) is 31.4 Å². The van der Waals surface area contributed by atoms with Crippen LogP contribution in [-0.4, -0.2) is 55.5 Å². The van der Waals surface area contributed by atoms with Crippen LogP contribution in [0.25, 0.3) is 0 Å². The zero-order chi connectivity index (χ0) is 19.8. The van der Waals surface area contributed by atoms with Crippen molar-refractivity contribution < 1.29 is 38.2 Å². The van der Waals surface area contributed by atoms with Gasteiger partial charge in [0.2, 0.25) is 0 Å². The molecule has 10 nitrogen and oxygen atoms in total. The van der Waals surface area contributed by atoms with Crippen LogP contribution in [0.1, 0.15) is 30.1 Å². The van der Waals surface area contributed by atoms with Gasteiger partial charge in [-0.3, -0.25) is 19.2 Å². The van der Waals surface area contributed by atoms with E-state index < -0.39 is 18.0 Å². The number of benzene rings is 1. The number of nitrogens with one attached hydrogen (secondary N) is 1. The lowest BCUT2D eigenvalue weighted by molar-refractivity contribution is -0.174. The van der Waals surface area contributed by atoms with Crippen LogP contribution in [0, 0.1) is 0 Å². The summed E-state index contributed by atoms with van der Waals surface area (Å²) < 4.78 is 15.0. The molecule has 1 aliphatic rings. The minimum atomic E-state index is -1.22. The number of rotatable bonds is 8. The molecule has 1 aromatic rings. The number of hydroxylamine groups is 2. The largest absolute Gasteiger partial charge is 0.539 e. The van der Waals surface area contributed by atoms with E-state index in [0.717, 1.165) is 0 Å². The highest BCUT2D eigenvalue weighted by molar-refractivity contribution is 6.01. The first-order chi connectivity index (χ1) is 12.9. The lowest BCUT2D eigenvalue weighted by Crippen LogP contribution is -2.33. The van der Waals surface area contributed by atoms with E-state index in [0.29, 0.717) is 23.8 Å². The second-order valence-electron chi connectivity index (χ2n) is 5.48. The number of nitrogens with zero attached hydrogens (tertiary/aromatic N) is 1. The molecule has 1 atom stereocenters. The van der Waals surface area contributed by atoms with Crippen LogP contribution in [0.4, 0.5) is 4.79 Å². The molecule has 2 rings (SSSR count). The highest BCUT2D eigenvalue weighted by Crippen LogP contribution is 2.16. The molecule has 0 radical (unpaired) electrons. The Morgan fingerprint density at radius 3 is 2.37 bits per heavy atom. The highest BCUT2D eigenvalue weighted by atomic mass is 16.8. The number of carbonyl (C=O) groups excluding carboxylic acids is 4. The summed E-state index contributed by atoms with van der Waals surface area (Å²) in [5, 5.41) is 3.05. The summed E-state index contributed by atoms with van der Waals surface area (Å²) in [4.78, 5) is 50.9. The minimum absolute atomic E-state index is 0.00859. The van der Waals surface area contributed by atoms with Crippen molar-refractivity contribution in [2.45, 2.75) is 26.1 Å². The molecule has 0 spiro atoms. The van der Waals surface area contributed by atoms with E-state index in [4.69, 9.17) is 14.2 Å². The van der Waals surface area contributed by atoms with Gasteiger partial charge in [0, 0.05) is 32.1 Å². The van der Waals surface area contributed by atoms with Crippen LogP contribution in [0.3, 0.4) is 0 Å². The van der Waals surface area contributed by atoms with Gasteiger partial charge < -0.3 is 19.5 Å². The average Bonchev–Trinajstić information content (AvgIpc) is 2.97. The number of methoxy groups -OCH3 is 1. The van der Waals surface area contributed by atoms with Gasteiger partial charge in [0.15, 0.2) is 6.29 Å². The monoisotopic (exact) mass is 380 g/mol. The zero-order valence-electron chi connectivity index (χ0n) is 14.9. The Morgan fingerprint density at radius 1 is 1.15 bits per heavy atom. The normalized spacial score (nSPS) is 14.8. The average molecular weight is 380 g/mol. The zero-order valence-corrected chi connectivity index (χ0v) is 14.9. The van der Waals surface area contributed by atoms with Gasteiger partial charge in [-0.25, -0.2) is 4.79 Å². The van der Waals surface area contributed by atoms with Gasteiger partial charge in [-0.2, -0.15) is 0 Å². The van der Waals surface area contributed by atoms with E-state index in [2.05, 4.69) is 10.2 Å². The fraction of sp³-hybridized carbons (Fsp3) is 0.412. The van der Waals surface area contributed by atoms with Gasteiger partial charge in [0.1, 0.15) is 5.75 Å². The first-order valence-corrected chi connectivity index (χ1v) is 8.19. The van der Waals surface area contributed by atoms with Crippen molar-refractivity contribution in [2.24, 2.45) is 0 Å². The maximum atomic E-state index is 12.0. The summed E-state index contributed by atoms with van der Waals surface area (Å²) >= 11 is 0. The van der Waals surface area contributed by atoms with Gasteiger partial charge in [0.25, 0.3) is 17.7 Å². The molecule has 3 amide bonds. The number of hydrogen-bond acceptors (Lipinski definition) is 8. The molecule has 27 heavy (non-hydrogen) atoms. The first kappa shape index (κ1) is 20.3. The third kappa shape index (κ3) is 6.04. The van der Waals surface area contributed by atoms with Crippen molar-refractivity contribution >= 4 is 23.9 Å². The SMILES string of the molecule is COC(C)OCCNC(=O)c1ccc(OC(=O)ON2C(=O)CCC2=O)cc1. The molecule has 1 aliphatic heterocycles. The molecule has 1 heterocycles. The number of ether oxygens (including phenoxy) is 3. The maximum absolute atomic E-state index is 12.0. The summed E-state index contributed by atoms with van der Waals surface area (Å²) in [6.45, 7) is 2.33. The maximum Gasteiger partial charge on any atom is 0.539 e. The Balaban J connectivity index is 1.78. The lowest BCUT2D eigenvalue weighted by atomic mass is 10.2. The Kier molecular flexibility index (Phi) is 7.26. The Hall–Kier alpha value is -2.98. The molecule has 1 fully saturated rings. The predicted molar refractivity (Wildman–Crippen MR) is 89.4 cm³/mol.